The molecule has 0 radical (unpaired) electrons. The SMILES string of the molecule is COc1cccc2cc(C(=O)N3CCc4ccccc43)[nH]c12. The zero-order chi connectivity index (χ0) is 15.1. The van der Waals surface area contributed by atoms with Crippen molar-refractivity contribution in [1.82, 2.24) is 4.98 Å². The molecule has 0 unspecified atom stereocenters. The first-order valence-electron chi connectivity index (χ1n) is 7.33. The molecular formula is C18H16N2O2. The Morgan fingerprint density at radius 1 is 1.18 bits per heavy atom. The topological polar surface area (TPSA) is 45.3 Å². The number of rotatable bonds is 2. The van der Waals surface area contributed by atoms with Gasteiger partial charge in [0.1, 0.15) is 11.4 Å². The molecule has 1 aromatic heterocycles. The number of anilines is 1. The fourth-order valence-corrected chi connectivity index (χ4v) is 3.11. The normalized spacial score (nSPS) is 13.4. The maximum Gasteiger partial charge on any atom is 0.274 e. The molecule has 0 spiro atoms. The Balaban J connectivity index is 1.75. The largest absolute Gasteiger partial charge is 0.495 e. The molecular weight excluding hydrogens is 276 g/mol. The van der Waals surface area contributed by atoms with Gasteiger partial charge < -0.3 is 14.6 Å². The van der Waals surface area contributed by atoms with E-state index >= 15 is 0 Å². The number of ether oxygens (including phenoxy) is 1. The molecule has 1 amide bonds. The summed E-state index contributed by atoms with van der Waals surface area (Å²) in [6, 6.07) is 15.7. The molecule has 0 aliphatic carbocycles. The lowest BCUT2D eigenvalue weighted by atomic mass is 10.2. The molecule has 0 saturated carbocycles. The highest BCUT2D eigenvalue weighted by molar-refractivity contribution is 6.09. The average Bonchev–Trinajstić information content (AvgIpc) is 3.17. The fourth-order valence-electron chi connectivity index (χ4n) is 3.11. The van der Waals surface area contributed by atoms with Gasteiger partial charge in [-0.25, -0.2) is 0 Å². The first kappa shape index (κ1) is 13.0. The van der Waals surface area contributed by atoms with Gasteiger partial charge in [-0.3, -0.25) is 4.79 Å². The van der Waals surface area contributed by atoms with Crippen molar-refractivity contribution in [2.45, 2.75) is 6.42 Å². The lowest BCUT2D eigenvalue weighted by Crippen LogP contribution is -2.29. The van der Waals surface area contributed by atoms with E-state index in [1.165, 1.54) is 5.56 Å². The van der Waals surface area contributed by atoms with Crippen LogP contribution in [0.3, 0.4) is 0 Å². The monoisotopic (exact) mass is 292 g/mol. The van der Waals surface area contributed by atoms with E-state index in [0.717, 1.165) is 35.3 Å². The van der Waals surface area contributed by atoms with Crippen molar-refractivity contribution in [2.24, 2.45) is 0 Å². The van der Waals surface area contributed by atoms with Crippen LogP contribution in [0.1, 0.15) is 16.1 Å². The highest BCUT2D eigenvalue weighted by Gasteiger charge is 2.26. The van der Waals surface area contributed by atoms with Crippen LogP contribution in [-0.4, -0.2) is 24.5 Å². The summed E-state index contributed by atoms with van der Waals surface area (Å²) < 4.78 is 5.35. The van der Waals surface area contributed by atoms with Crippen LogP contribution in [0, 0.1) is 0 Å². The van der Waals surface area contributed by atoms with Gasteiger partial charge >= 0.3 is 0 Å². The minimum absolute atomic E-state index is 0.00297. The number of benzene rings is 2. The molecule has 0 bridgehead atoms. The Hall–Kier alpha value is -2.75. The maximum absolute atomic E-state index is 12.8. The number of hydrogen-bond acceptors (Lipinski definition) is 2. The summed E-state index contributed by atoms with van der Waals surface area (Å²) in [5.74, 6) is 0.751. The molecule has 2 heterocycles. The number of aromatic amines is 1. The van der Waals surface area contributed by atoms with E-state index in [2.05, 4.69) is 11.1 Å². The molecule has 110 valence electrons. The van der Waals surface area contributed by atoms with E-state index in [9.17, 15) is 4.79 Å². The number of aromatic nitrogens is 1. The molecule has 4 rings (SSSR count). The number of hydrogen-bond donors (Lipinski definition) is 1. The van der Waals surface area contributed by atoms with Crippen molar-refractivity contribution in [2.75, 3.05) is 18.6 Å². The van der Waals surface area contributed by atoms with E-state index in [1.807, 2.05) is 47.4 Å². The molecule has 2 aromatic carbocycles. The van der Waals surface area contributed by atoms with Gasteiger partial charge in [0, 0.05) is 17.6 Å². The first-order chi connectivity index (χ1) is 10.8. The van der Waals surface area contributed by atoms with Crippen LogP contribution in [0.15, 0.2) is 48.5 Å². The van der Waals surface area contributed by atoms with E-state index in [1.54, 1.807) is 7.11 Å². The van der Waals surface area contributed by atoms with Crippen molar-refractivity contribution < 1.29 is 9.53 Å². The number of H-pyrrole nitrogens is 1. The van der Waals surface area contributed by atoms with E-state index in [4.69, 9.17) is 4.74 Å². The Kier molecular flexibility index (Phi) is 2.89. The number of nitrogens with zero attached hydrogens (tertiary/aromatic N) is 1. The Morgan fingerprint density at radius 3 is 2.91 bits per heavy atom. The van der Waals surface area contributed by atoms with Crippen molar-refractivity contribution >= 4 is 22.5 Å². The third-order valence-corrected chi connectivity index (χ3v) is 4.20. The van der Waals surface area contributed by atoms with Crippen molar-refractivity contribution in [3.63, 3.8) is 0 Å². The quantitative estimate of drug-likeness (QED) is 0.787. The predicted octanol–water partition coefficient (Wildman–Crippen LogP) is 3.38. The summed E-state index contributed by atoms with van der Waals surface area (Å²) in [6.45, 7) is 0.727. The van der Waals surface area contributed by atoms with Gasteiger partial charge in [0.15, 0.2) is 0 Å². The summed E-state index contributed by atoms with van der Waals surface area (Å²) in [7, 11) is 1.63. The number of nitrogens with one attached hydrogen (secondary N) is 1. The van der Waals surface area contributed by atoms with Gasteiger partial charge in [0.25, 0.3) is 5.91 Å². The summed E-state index contributed by atoms with van der Waals surface area (Å²) in [6.07, 6.45) is 0.908. The highest BCUT2D eigenvalue weighted by Crippen LogP contribution is 2.30. The molecule has 22 heavy (non-hydrogen) atoms. The summed E-state index contributed by atoms with van der Waals surface area (Å²) >= 11 is 0. The lowest BCUT2D eigenvalue weighted by molar-refractivity contribution is 0.0985. The third-order valence-electron chi connectivity index (χ3n) is 4.20. The Morgan fingerprint density at radius 2 is 2.05 bits per heavy atom. The van der Waals surface area contributed by atoms with Gasteiger partial charge in [-0.1, -0.05) is 30.3 Å². The van der Waals surface area contributed by atoms with Crippen LogP contribution < -0.4 is 9.64 Å². The standard InChI is InChI=1S/C18H16N2O2/c1-22-16-8-4-6-13-11-14(19-17(13)16)18(21)20-10-9-12-5-2-3-7-15(12)20/h2-8,11,19H,9-10H2,1H3. The first-order valence-corrected chi connectivity index (χ1v) is 7.33. The predicted molar refractivity (Wildman–Crippen MR) is 86.7 cm³/mol. The summed E-state index contributed by atoms with van der Waals surface area (Å²) in [5.41, 5.74) is 3.69. The fraction of sp³-hybridized carbons (Fsp3) is 0.167. The zero-order valence-corrected chi connectivity index (χ0v) is 12.3. The van der Waals surface area contributed by atoms with E-state index < -0.39 is 0 Å². The average molecular weight is 292 g/mol. The molecule has 0 saturated heterocycles. The van der Waals surface area contributed by atoms with Crippen LogP contribution in [0.5, 0.6) is 5.75 Å². The third kappa shape index (κ3) is 1.88. The number of carbonyl (C=O) groups is 1. The molecule has 1 aliphatic rings. The van der Waals surface area contributed by atoms with Crippen LogP contribution in [-0.2, 0) is 6.42 Å². The van der Waals surface area contributed by atoms with Gasteiger partial charge in [0.05, 0.1) is 12.6 Å². The molecule has 4 heteroatoms. The minimum Gasteiger partial charge on any atom is -0.495 e. The lowest BCUT2D eigenvalue weighted by Gasteiger charge is -2.16. The highest BCUT2D eigenvalue weighted by atomic mass is 16.5. The molecule has 0 atom stereocenters. The number of methoxy groups -OCH3 is 1. The second-order valence-electron chi connectivity index (χ2n) is 5.44. The molecule has 1 aliphatic heterocycles. The van der Waals surface area contributed by atoms with Gasteiger partial charge in [-0.15, -0.1) is 0 Å². The summed E-state index contributed by atoms with van der Waals surface area (Å²) in [5, 5.41) is 0.982. The molecule has 0 fully saturated rings. The van der Waals surface area contributed by atoms with Gasteiger partial charge in [-0.05, 0) is 30.2 Å². The zero-order valence-electron chi connectivity index (χ0n) is 12.3. The van der Waals surface area contributed by atoms with Crippen molar-refractivity contribution in [3.8, 4) is 5.75 Å². The minimum atomic E-state index is 0.00297. The Bertz CT molecular complexity index is 866. The second kappa shape index (κ2) is 4.91. The Labute approximate surface area is 128 Å². The summed E-state index contributed by atoms with van der Waals surface area (Å²) in [4.78, 5) is 17.9. The van der Waals surface area contributed by atoms with Crippen molar-refractivity contribution in [1.29, 1.82) is 0 Å². The van der Waals surface area contributed by atoms with Crippen LogP contribution in [0.2, 0.25) is 0 Å². The van der Waals surface area contributed by atoms with E-state index in [0.29, 0.717) is 5.69 Å². The van der Waals surface area contributed by atoms with Crippen molar-refractivity contribution in [3.05, 3.63) is 59.8 Å². The molecule has 1 N–H and O–H groups in total. The number of amides is 1. The molecule has 3 aromatic rings. The number of carbonyl (C=O) groups excluding carboxylic acids is 1. The molecule has 4 nitrogen and oxygen atoms in total. The number of fused-ring (bicyclic) bond motifs is 2. The second-order valence-corrected chi connectivity index (χ2v) is 5.44. The van der Waals surface area contributed by atoms with Crippen LogP contribution >= 0.6 is 0 Å². The van der Waals surface area contributed by atoms with Crippen LogP contribution in [0.25, 0.3) is 10.9 Å². The maximum atomic E-state index is 12.8. The van der Waals surface area contributed by atoms with Gasteiger partial charge in [0.2, 0.25) is 0 Å². The number of para-hydroxylation sites is 2. The smallest absolute Gasteiger partial charge is 0.274 e. The van der Waals surface area contributed by atoms with E-state index in [-0.39, 0.29) is 5.91 Å². The van der Waals surface area contributed by atoms with Gasteiger partial charge in [-0.2, -0.15) is 0 Å². The van der Waals surface area contributed by atoms with Crippen LogP contribution in [0.4, 0.5) is 5.69 Å².